The second-order valence-corrected chi connectivity index (χ2v) is 6.73. The van der Waals surface area contributed by atoms with Crippen LogP contribution < -0.4 is 0 Å². The Kier molecular flexibility index (Phi) is 5.24. The lowest BCUT2D eigenvalue weighted by atomic mass is 9.73. The van der Waals surface area contributed by atoms with Crippen LogP contribution in [-0.4, -0.2) is 0 Å². The van der Waals surface area contributed by atoms with Gasteiger partial charge in [0.15, 0.2) is 0 Å². The highest BCUT2D eigenvalue weighted by Crippen LogP contribution is 2.37. The molecule has 0 aromatic heterocycles. The summed E-state index contributed by atoms with van der Waals surface area (Å²) in [4.78, 5) is 0. The Balaban J connectivity index is 2.10. The average Bonchev–Trinajstić information content (AvgIpc) is 2.43. The molecule has 0 amide bonds. The predicted octanol–water partition coefficient (Wildman–Crippen LogP) is 5.61. The van der Waals surface area contributed by atoms with Gasteiger partial charge in [-0.25, -0.2) is 0 Å². The minimum absolute atomic E-state index is 0.111. The summed E-state index contributed by atoms with van der Waals surface area (Å²) >= 11 is 0. The third-order valence-electron chi connectivity index (χ3n) is 4.74. The summed E-state index contributed by atoms with van der Waals surface area (Å²) in [5.74, 6) is 0.579. The normalized spacial score (nSPS) is 19.1. The van der Waals surface area contributed by atoms with Crippen LogP contribution in [0.3, 0.4) is 0 Å². The van der Waals surface area contributed by atoms with Gasteiger partial charge >= 0.3 is 0 Å². The van der Waals surface area contributed by atoms with E-state index in [1.54, 1.807) is 0 Å². The van der Waals surface area contributed by atoms with Gasteiger partial charge in [-0.05, 0) is 36.3 Å². The number of rotatable bonds is 3. The maximum atomic E-state index is 9.71. The van der Waals surface area contributed by atoms with Crippen molar-refractivity contribution in [3.8, 4) is 6.07 Å². The third-order valence-corrected chi connectivity index (χ3v) is 4.74. The first-order chi connectivity index (χ1) is 9.65. The molecule has 0 radical (unpaired) electrons. The fraction of sp³-hybridized carbons (Fsp3) is 0.632. The summed E-state index contributed by atoms with van der Waals surface area (Å²) in [6.07, 6.45) is 9.48. The molecule has 20 heavy (non-hydrogen) atoms. The van der Waals surface area contributed by atoms with E-state index in [1.165, 1.54) is 43.2 Å². The van der Waals surface area contributed by atoms with Crippen LogP contribution in [0.25, 0.3) is 0 Å². The summed E-state index contributed by atoms with van der Waals surface area (Å²) in [5, 5.41) is 9.71. The molecule has 1 aliphatic rings. The zero-order valence-corrected chi connectivity index (χ0v) is 13.0. The summed E-state index contributed by atoms with van der Waals surface area (Å²) < 4.78 is 0. The van der Waals surface area contributed by atoms with Gasteiger partial charge in [-0.2, -0.15) is 5.26 Å². The van der Waals surface area contributed by atoms with E-state index in [2.05, 4.69) is 44.2 Å². The Morgan fingerprint density at radius 3 is 2.05 bits per heavy atom. The van der Waals surface area contributed by atoms with Crippen molar-refractivity contribution in [3.63, 3.8) is 0 Å². The molecular weight excluding hydrogens is 242 g/mol. The van der Waals surface area contributed by atoms with Crippen LogP contribution in [0.15, 0.2) is 24.3 Å². The van der Waals surface area contributed by atoms with E-state index in [0.717, 1.165) is 19.3 Å². The summed E-state index contributed by atoms with van der Waals surface area (Å²) in [6.45, 7) is 4.45. The van der Waals surface area contributed by atoms with Crippen molar-refractivity contribution in [1.29, 1.82) is 5.26 Å². The van der Waals surface area contributed by atoms with Gasteiger partial charge in [-0.3, -0.25) is 0 Å². The highest BCUT2D eigenvalue weighted by Gasteiger charge is 2.30. The van der Waals surface area contributed by atoms with Crippen LogP contribution in [0.5, 0.6) is 0 Å². The van der Waals surface area contributed by atoms with Gasteiger partial charge in [0.05, 0.1) is 11.5 Å². The highest BCUT2D eigenvalue weighted by molar-refractivity contribution is 5.26. The first-order valence-electron chi connectivity index (χ1n) is 8.15. The first-order valence-corrected chi connectivity index (χ1v) is 8.15. The molecule has 0 bridgehead atoms. The highest BCUT2D eigenvalue weighted by atomic mass is 14.4. The second-order valence-electron chi connectivity index (χ2n) is 6.73. The van der Waals surface area contributed by atoms with Crippen molar-refractivity contribution in [3.05, 3.63) is 35.4 Å². The fourth-order valence-electron chi connectivity index (χ4n) is 3.32. The van der Waals surface area contributed by atoms with Crippen LogP contribution >= 0.6 is 0 Å². The number of hydrogen-bond acceptors (Lipinski definition) is 1. The molecule has 0 atom stereocenters. The molecule has 1 nitrogen and oxygen atoms in total. The van der Waals surface area contributed by atoms with Crippen LogP contribution in [0.4, 0.5) is 0 Å². The Hall–Kier alpha value is -1.29. The lowest BCUT2D eigenvalue weighted by Gasteiger charge is -2.28. The van der Waals surface area contributed by atoms with E-state index in [1.807, 2.05) is 0 Å². The van der Waals surface area contributed by atoms with Crippen molar-refractivity contribution in [2.45, 2.75) is 71.1 Å². The first kappa shape index (κ1) is 15.1. The Morgan fingerprint density at radius 1 is 1.00 bits per heavy atom. The van der Waals surface area contributed by atoms with E-state index < -0.39 is 0 Å². The molecule has 1 fully saturated rings. The second kappa shape index (κ2) is 6.93. The maximum absolute atomic E-state index is 9.71. The van der Waals surface area contributed by atoms with Crippen LogP contribution in [0, 0.1) is 16.7 Å². The van der Waals surface area contributed by atoms with Gasteiger partial charge in [0.1, 0.15) is 0 Å². The Labute approximate surface area is 124 Å². The molecular formula is C19H27N. The van der Waals surface area contributed by atoms with Crippen molar-refractivity contribution < 1.29 is 0 Å². The van der Waals surface area contributed by atoms with E-state index in [0.29, 0.717) is 5.92 Å². The van der Waals surface area contributed by atoms with Gasteiger partial charge < -0.3 is 0 Å². The van der Waals surface area contributed by atoms with Crippen molar-refractivity contribution in [1.82, 2.24) is 0 Å². The number of nitrogens with zero attached hydrogens (tertiary/aromatic N) is 1. The van der Waals surface area contributed by atoms with Gasteiger partial charge in [0.25, 0.3) is 0 Å². The summed E-state index contributed by atoms with van der Waals surface area (Å²) in [5.41, 5.74) is 2.61. The van der Waals surface area contributed by atoms with Crippen LogP contribution in [0.2, 0.25) is 0 Å². The molecule has 1 aliphatic carbocycles. The smallest absolute Gasteiger partial charge is 0.0693 e. The fourth-order valence-corrected chi connectivity index (χ4v) is 3.32. The van der Waals surface area contributed by atoms with Crippen molar-refractivity contribution in [2.24, 2.45) is 5.41 Å². The maximum Gasteiger partial charge on any atom is 0.0693 e. The lowest BCUT2D eigenvalue weighted by molar-refractivity contribution is 0.287. The number of hydrogen-bond donors (Lipinski definition) is 0. The zero-order valence-electron chi connectivity index (χ0n) is 13.0. The molecule has 0 heterocycles. The summed E-state index contributed by atoms with van der Waals surface area (Å²) in [6, 6.07) is 11.6. The molecule has 0 saturated heterocycles. The van der Waals surface area contributed by atoms with Gasteiger partial charge in [-0.1, -0.05) is 70.2 Å². The molecule has 108 valence electrons. The van der Waals surface area contributed by atoms with E-state index >= 15 is 0 Å². The quantitative estimate of drug-likeness (QED) is 0.700. The number of benzene rings is 1. The van der Waals surface area contributed by atoms with Crippen LogP contribution in [-0.2, 0) is 6.42 Å². The third kappa shape index (κ3) is 3.85. The van der Waals surface area contributed by atoms with Gasteiger partial charge in [-0.15, -0.1) is 0 Å². The predicted molar refractivity (Wildman–Crippen MR) is 84.6 cm³/mol. The van der Waals surface area contributed by atoms with Crippen molar-refractivity contribution >= 4 is 0 Å². The molecule has 2 rings (SSSR count). The Morgan fingerprint density at radius 2 is 1.55 bits per heavy atom. The SMILES string of the molecule is CC(C)c1ccc(CC2(C#N)CCCCCCC2)cc1. The monoisotopic (exact) mass is 269 g/mol. The van der Waals surface area contributed by atoms with Gasteiger partial charge in [0.2, 0.25) is 0 Å². The Bertz CT molecular complexity index is 442. The summed E-state index contributed by atoms with van der Waals surface area (Å²) in [7, 11) is 0. The molecule has 1 heteroatoms. The lowest BCUT2D eigenvalue weighted by Crippen LogP contribution is -2.23. The van der Waals surface area contributed by atoms with Gasteiger partial charge in [0, 0.05) is 0 Å². The molecule has 0 spiro atoms. The van der Waals surface area contributed by atoms with E-state index in [-0.39, 0.29) is 5.41 Å². The average molecular weight is 269 g/mol. The zero-order chi connectivity index (χ0) is 14.4. The van der Waals surface area contributed by atoms with Crippen LogP contribution in [0.1, 0.15) is 75.8 Å². The van der Waals surface area contributed by atoms with E-state index in [9.17, 15) is 5.26 Å². The largest absolute Gasteiger partial charge is 0.198 e. The van der Waals surface area contributed by atoms with E-state index in [4.69, 9.17) is 0 Å². The topological polar surface area (TPSA) is 23.8 Å². The number of nitriles is 1. The molecule has 0 unspecified atom stereocenters. The molecule has 0 aliphatic heterocycles. The van der Waals surface area contributed by atoms with Crippen molar-refractivity contribution in [2.75, 3.05) is 0 Å². The standard InChI is InChI=1S/C19H27N/c1-16(2)18-10-8-17(9-11-18)14-19(15-20)12-6-4-3-5-7-13-19/h8-11,16H,3-7,12-14H2,1-2H3. The minimum atomic E-state index is -0.111. The molecule has 0 N–H and O–H groups in total. The minimum Gasteiger partial charge on any atom is -0.198 e. The molecule has 1 aromatic carbocycles. The molecule has 1 aromatic rings. The molecule has 1 saturated carbocycles.